The fourth-order valence-corrected chi connectivity index (χ4v) is 6.43. The summed E-state index contributed by atoms with van der Waals surface area (Å²) in [6.07, 6.45) is 3.61. The van der Waals surface area contributed by atoms with Gasteiger partial charge in [0.25, 0.3) is 0 Å². The zero-order valence-electron chi connectivity index (χ0n) is 24.6. The van der Waals surface area contributed by atoms with Crippen molar-refractivity contribution in [3.8, 4) is 11.1 Å². The normalized spacial score (nSPS) is 13.5. The van der Waals surface area contributed by atoms with E-state index in [1.165, 1.54) is 65.7 Å². The number of halogens is 2. The van der Waals surface area contributed by atoms with E-state index in [0.29, 0.717) is 5.92 Å². The smallest absolute Gasteiger partial charge is 1.00 e. The van der Waals surface area contributed by atoms with Gasteiger partial charge in [0.2, 0.25) is 0 Å². The topological polar surface area (TPSA) is 0 Å². The Labute approximate surface area is 284 Å². The minimum absolute atomic E-state index is 0. The molecule has 0 saturated carbocycles. The van der Waals surface area contributed by atoms with Gasteiger partial charge in [0, 0.05) is 15.4 Å². The van der Waals surface area contributed by atoms with E-state index in [-0.39, 0.29) is 56.9 Å². The van der Waals surface area contributed by atoms with Crippen LogP contribution >= 0.6 is 0 Å². The van der Waals surface area contributed by atoms with Gasteiger partial charge in [-0.2, -0.15) is 0 Å². The second-order valence-corrected chi connectivity index (χ2v) is 12.1. The Bertz CT molecular complexity index is 1830. The van der Waals surface area contributed by atoms with Gasteiger partial charge in [-0.05, 0) is 45.4 Å². The molecule has 0 amide bonds. The number of allylic oxidation sites excluding steroid dienone is 1. The van der Waals surface area contributed by atoms with Crippen molar-refractivity contribution in [2.75, 3.05) is 0 Å². The number of benzene rings is 5. The molecule has 6 aromatic carbocycles. The summed E-state index contributed by atoms with van der Waals surface area (Å²) in [7, 11) is 1.08. The zero-order chi connectivity index (χ0) is 26.9. The van der Waals surface area contributed by atoms with E-state index in [4.69, 9.17) is 0 Å². The molecular formula is C38H35Cl2SiZr. The number of hydrogen-bond acceptors (Lipinski definition) is 0. The van der Waals surface area contributed by atoms with Gasteiger partial charge >= 0.3 is 26.2 Å². The van der Waals surface area contributed by atoms with Crippen LogP contribution in [0.1, 0.15) is 42.9 Å². The SMILES string of the molecule is CC(C)CC1=Cc2c(-c3cccc4ccccc34)cccc2C1c1cccc2c1[cH-]c1ccccc12.C[Si]C.[Cl-].[Cl-].[Zr+3]. The summed E-state index contributed by atoms with van der Waals surface area (Å²) in [5, 5.41) is 8.05. The third-order valence-electron chi connectivity index (χ3n) is 7.88. The maximum atomic E-state index is 2.51. The van der Waals surface area contributed by atoms with Crippen LogP contribution in [0.4, 0.5) is 0 Å². The third-order valence-corrected chi connectivity index (χ3v) is 7.88. The average Bonchev–Trinajstić information content (AvgIpc) is 3.51. The Morgan fingerprint density at radius 3 is 2.00 bits per heavy atom. The van der Waals surface area contributed by atoms with Crippen LogP contribution in [-0.2, 0) is 26.2 Å². The maximum absolute atomic E-state index is 2.51. The van der Waals surface area contributed by atoms with Gasteiger partial charge in [-0.15, -0.1) is 33.7 Å². The summed E-state index contributed by atoms with van der Waals surface area (Å²) in [6, 6.07) is 40.5. The van der Waals surface area contributed by atoms with E-state index in [0.717, 1.165) is 15.9 Å². The first kappa shape index (κ1) is 34.1. The summed E-state index contributed by atoms with van der Waals surface area (Å²) < 4.78 is 0. The molecule has 0 aliphatic heterocycles. The first-order chi connectivity index (χ1) is 19.1. The number of hydrogen-bond donors (Lipinski definition) is 0. The third kappa shape index (κ3) is 6.29. The van der Waals surface area contributed by atoms with Gasteiger partial charge in [0.05, 0.1) is 0 Å². The molecule has 0 fully saturated rings. The molecule has 1 atom stereocenters. The maximum Gasteiger partial charge on any atom is 3.00 e. The Hall–Kier alpha value is -2.35. The predicted molar refractivity (Wildman–Crippen MR) is 173 cm³/mol. The largest absolute Gasteiger partial charge is 3.00 e. The first-order valence-corrected chi connectivity index (χ1v) is 16.1. The van der Waals surface area contributed by atoms with Crippen molar-refractivity contribution in [3.63, 3.8) is 0 Å². The van der Waals surface area contributed by atoms with Crippen molar-refractivity contribution in [1.29, 1.82) is 0 Å². The van der Waals surface area contributed by atoms with Crippen molar-refractivity contribution in [3.05, 3.63) is 131 Å². The average molecular weight is 682 g/mol. The van der Waals surface area contributed by atoms with Crippen LogP contribution in [0, 0.1) is 5.92 Å². The van der Waals surface area contributed by atoms with Crippen molar-refractivity contribution in [1.82, 2.24) is 0 Å². The van der Waals surface area contributed by atoms with Gasteiger partial charge in [-0.1, -0.05) is 141 Å². The van der Waals surface area contributed by atoms with E-state index < -0.39 is 0 Å². The van der Waals surface area contributed by atoms with Gasteiger partial charge in [0.15, 0.2) is 0 Å². The van der Waals surface area contributed by atoms with Crippen molar-refractivity contribution >= 4 is 47.9 Å². The molecule has 7 rings (SSSR count). The second-order valence-electron chi connectivity index (χ2n) is 11.1. The second kappa shape index (κ2) is 14.9. The molecule has 1 aliphatic carbocycles. The van der Waals surface area contributed by atoms with Gasteiger partial charge in [-0.25, -0.2) is 0 Å². The standard InChI is InChI=1S/C36H29.C2H6Si.2ClH.Zr/c1-23(2)20-26-22-35-31(29-15-7-12-24-10-3-5-13-27(24)29)17-9-19-33(35)36(26)32-18-8-16-30-28-14-6-4-11-25(28)21-34(30)32;1-3-2;;;/h3-19,21-23,36H,20H2,1-2H3;1-2H3;2*1H;/q-1;;;;+3/p-2. The molecule has 0 bridgehead atoms. The first-order valence-electron chi connectivity index (χ1n) is 14.1. The summed E-state index contributed by atoms with van der Waals surface area (Å²) in [5.41, 5.74) is 8.46. The van der Waals surface area contributed by atoms with Crippen LogP contribution in [0.5, 0.6) is 0 Å². The fourth-order valence-electron chi connectivity index (χ4n) is 6.43. The molecule has 0 N–H and O–H groups in total. The van der Waals surface area contributed by atoms with Crippen LogP contribution in [0.2, 0.25) is 13.1 Å². The molecular weight excluding hydrogens is 647 g/mol. The number of rotatable bonds is 4. The van der Waals surface area contributed by atoms with Crippen molar-refractivity contribution in [2.24, 2.45) is 5.92 Å². The minimum Gasteiger partial charge on any atom is -1.00 e. The van der Waals surface area contributed by atoms with Gasteiger partial charge in [-0.3, -0.25) is 0 Å². The molecule has 1 aliphatic rings. The quantitative estimate of drug-likeness (QED) is 0.184. The van der Waals surface area contributed by atoms with Gasteiger partial charge < -0.3 is 24.8 Å². The van der Waals surface area contributed by atoms with E-state index in [2.05, 4.69) is 142 Å². The van der Waals surface area contributed by atoms with Crippen molar-refractivity contribution < 1.29 is 51.0 Å². The molecule has 0 heterocycles. The minimum atomic E-state index is 0. The van der Waals surface area contributed by atoms with E-state index >= 15 is 0 Å². The van der Waals surface area contributed by atoms with E-state index in [1.807, 2.05) is 0 Å². The number of fused-ring (bicyclic) bond motifs is 5. The molecule has 0 saturated heterocycles. The van der Waals surface area contributed by atoms with Crippen LogP contribution in [0.3, 0.4) is 0 Å². The molecule has 0 nitrogen and oxygen atoms in total. The van der Waals surface area contributed by atoms with Crippen molar-refractivity contribution in [2.45, 2.75) is 39.3 Å². The molecule has 3 radical (unpaired) electrons. The summed E-state index contributed by atoms with van der Waals surface area (Å²) in [4.78, 5) is 0. The molecule has 0 aromatic heterocycles. The molecule has 4 heteroatoms. The zero-order valence-corrected chi connectivity index (χ0v) is 29.6. The van der Waals surface area contributed by atoms with Crippen LogP contribution in [0.15, 0.2) is 115 Å². The predicted octanol–water partition coefficient (Wildman–Crippen LogP) is 4.90. The van der Waals surface area contributed by atoms with Crippen LogP contribution in [0.25, 0.3) is 49.5 Å². The van der Waals surface area contributed by atoms with E-state index in [9.17, 15) is 0 Å². The molecule has 6 aromatic rings. The summed E-state index contributed by atoms with van der Waals surface area (Å²) in [6.45, 7) is 8.98. The van der Waals surface area contributed by atoms with Crippen LogP contribution in [-0.4, -0.2) is 9.52 Å². The molecule has 1 unspecified atom stereocenters. The Morgan fingerprint density at radius 2 is 1.24 bits per heavy atom. The fraction of sp³-hybridized carbons (Fsp3) is 0.184. The Balaban J connectivity index is 0.000000776. The van der Waals surface area contributed by atoms with Gasteiger partial charge in [0.1, 0.15) is 0 Å². The summed E-state index contributed by atoms with van der Waals surface area (Å²) >= 11 is 0. The molecule has 0 spiro atoms. The molecule has 209 valence electrons. The summed E-state index contributed by atoms with van der Waals surface area (Å²) in [5.74, 6) is 0.893. The molecule has 42 heavy (non-hydrogen) atoms. The van der Waals surface area contributed by atoms with Crippen LogP contribution < -0.4 is 24.8 Å². The monoisotopic (exact) mass is 679 g/mol. The van der Waals surface area contributed by atoms with E-state index in [1.54, 1.807) is 0 Å². The Morgan fingerprint density at radius 1 is 0.667 bits per heavy atom. The Kier molecular flexibility index (Phi) is 12.1.